The molecule has 0 amide bonds. The van der Waals surface area contributed by atoms with E-state index in [0.717, 1.165) is 31.2 Å². The van der Waals surface area contributed by atoms with Crippen LogP contribution in [0.5, 0.6) is 5.75 Å². The molecule has 0 unspecified atom stereocenters. The van der Waals surface area contributed by atoms with Crippen LogP contribution < -0.4 is 15.4 Å². The third kappa shape index (κ3) is 5.08. The summed E-state index contributed by atoms with van der Waals surface area (Å²) in [6.45, 7) is 3.89. The van der Waals surface area contributed by atoms with Gasteiger partial charge >= 0.3 is 0 Å². The van der Waals surface area contributed by atoms with E-state index in [4.69, 9.17) is 4.74 Å². The summed E-state index contributed by atoms with van der Waals surface area (Å²) in [5, 5.41) is 6.56. The number of benzene rings is 1. The molecule has 0 aliphatic rings. The fourth-order valence-electron chi connectivity index (χ4n) is 1.53. The van der Waals surface area contributed by atoms with Crippen LogP contribution in [0.3, 0.4) is 0 Å². The zero-order valence-corrected chi connectivity index (χ0v) is 11.5. The van der Waals surface area contributed by atoms with Crippen molar-refractivity contribution in [1.82, 2.24) is 10.6 Å². The van der Waals surface area contributed by atoms with Gasteiger partial charge in [0, 0.05) is 20.1 Å². The van der Waals surface area contributed by atoms with Crippen molar-refractivity contribution >= 4 is 5.96 Å². The Balaban J connectivity index is 2.37. The first kappa shape index (κ1) is 14.4. The second-order valence-electron chi connectivity index (χ2n) is 4.05. The number of nitrogens with one attached hydrogen (secondary N) is 2. The van der Waals surface area contributed by atoms with Gasteiger partial charge in [0.05, 0.1) is 7.11 Å². The van der Waals surface area contributed by atoms with E-state index in [1.165, 1.54) is 12.0 Å². The maximum atomic E-state index is 5.12. The Labute approximate surface area is 109 Å². The first-order chi connectivity index (χ1) is 8.80. The third-order valence-corrected chi connectivity index (χ3v) is 2.67. The standard InChI is InChI=1S/C14H23N3O/c1-4-5-10-16-14(15-2)17-11-12-6-8-13(18-3)9-7-12/h6-9H,4-5,10-11H2,1-3H3,(H2,15,16,17). The number of aliphatic imine (C=N–C) groups is 1. The highest BCUT2D eigenvalue weighted by Crippen LogP contribution is 2.10. The van der Waals surface area contributed by atoms with E-state index in [9.17, 15) is 0 Å². The molecule has 1 aromatic carbocycles. The summed E-state index contributed by atoms with van der Waals surface area (Å²) >= 11 is 0. The quantitative estimate of drug-likeness (QED) is 0.461. The van der Waals surface area contributed by atoms with Gasteiger partial charge in [0.2, 0.25) is 0 Å². The van der Waals surface area contributed by atoms with Crippen LogP contribution in [0.2, 0.25) is 0 Å². The van der Waals surface area contributed by atoms with E-state index < -0.39 is 0 Å². The van der Waals surface area contributed by atoms with Gasteiger partial charge in [-0.15, -0.1) is 0 Å². The minimum Gasteiger partial charge on any atom is -0.497 e. The topological polar surface area (TPSA) is 45.7 Å². The number of rotatable bonds is 6. The second kappa shape index (κ2) is 8.39. The molecule has 0 aliphatic heterocycles. The summed E-state index contributed by atoms with van der Waals surface area (Å²) in [6.07, 6.45) is 2.34. The average molecular weight is 249 g/mol. The number of hydrogen-bond acceptors (Lipinski definition) is 2. The number of nitrogens with zero attached hydrogens (tertiary/aromatic N) is 1. The molecule has 1 rings (SSSR count). The van der Waals surface area contributed by atoms with E-state index in [2.05, 4.69) is 22.5 Å². The lowest BCUT2D eigenvalue weighted by Crippen LogP contribution is -2.37. The fraction of sp³-hybridized carbons (Fsp3) is 0.500. The predicted molar refractivity (Wildman–Crippen MR) is 76.1 cm³/mol. The van der Waals surface area contributed by atoms with Crippen LogP contribution in [0.25, 0.3) is 0 Å². The second-order valence-corrected chi connectivity index (χ2v) is 4.05. The summed E-state index contributed by atoms with van der Waals surface area (Å²) < 4.78 is 5.12. The Hall–Kier alpha value is -1.71. The lowest BCUT2D eigenvalue weighted by atomic mass is 10.2. The Morgan fingerprint density at radius 1 is 1.22 bits per heavy atom. The summed E-state index contributed by atoms with van der Waals surface area (Å²) in [6, 6.07) is 8.02. The van der Waals surface area contributed by atoms with Crippen LogP contribution in [0.1, 0.15) is 25.3 Å². The molecule has 0 spiro atoms. The highest BCUT2D eigenvalue weighted by Gasteiger charge is 1.98. The highest BCUT2D eigenvalue weighted by molar-refractivity contribution is 5.79. The smallest absolute Gasteiger partial charge is 0.191 e. The average Bonchev–Trinajstić information content (AvgIpc) is 2.43. The van der Waals surface area contributed by atoms with Crippen LogP contribution in [0.15, 0.2) is 29.3 Å². The van der Waals surface area contributed by atoms with Crippen LogP contribution in [-0.2, 0) is 6.54 Å². The maximum absolute atomic E-state index is 5.12. The molecule has 0 heterocycles. The number of ether oxygens (including phenoxy) is 1. The van der Waals surface area contributed by atoms with Crippen molar-refractivity contribution in [3.8, 4) is 5.75 Å². The van der Waals surface area contributed by atoms with Gasteiger partial charge in [-0.05, 0) is 24.1 Å². The van der Waals surface area contributed by atoms with E-state index in [0.29, 0.717) is 0 Å². The van der Waals surface area contributed by atoms with E-state index in [1.54, 1.807) is 14.2 Å². The molecule has 0 aliphatic carbocycles. The highest BCUT2D eigenvalue weighted by atomic mass is 16.5. The molecule has 1 aromatic rings. The van der Waals surface area contributed by atoms with Crippen LogP contribution in [0.4, 0.5) is 0 Å². The van der Waals surface area contributed by atoms with Crippen molar-refractivity contribution < 1.29 is 4.74 Å². The minimum atomic E-state index is 0.760. The first-order valence-electron chi connectivity index (χ1n) is 6.37. The van der Waals surface area contributed by atoms with Gasteiger partial charge in [0.15, 0.2) is 5.96 Å². The van der Waals surface area contributed by atoms with E-state index in [-0.39, 0.29) is 0 Å². The van der Waals surface area contributed by atoms with E-state index >= 15 is 0 Å². The minimum absolute atomic E-state index is 0.760. The Kier molecular flexibility index (Phi) is 6.69. The molecule has 0 saturated carbocycles. The van der Waals surface area contributed by atoms with Crippen molar-refractivity contribution in [2.75, 3.05) is 20.7 Å². The molecule has 0 radical (unpaired) electrons. The Morgan fingerprint density at radius 2 is 1.94 bits per heavy atom. The molecule has 100 valence electrons. The number of methoxy groups -OCH3 is 1. The van der Waals surface area contributed by atoms with Gasteiger partial charge in [-0.3, -0.25) is 4.99 Å². The summed E-state index contributed by atoms with van der Waals surface area (Å²) in [5.74, 6) is 1.73. The molecule has 0 saturated heterocycles. The molecule has 2 N–H and O–H groups in total. The Bertz CT molecular complexity index is 360. The summed E-state index contributed by atoms with van der Waals surface area (Å²) in [7, 11) is 3.46. The van der Waals surface area contributed by atoms with Gasteiger partial charge in [-0.2, -0.15) is 0 Å². The number of guanidine groups is 1. The van der Waals surface area contributed by atoms with Crippen molar-refractivity contribution in [2.24, 2.45) is 4.99 Å². The lowest BCUT2D eigenvalue weighted by Gasteiger charge is -2.11. The molecule has 0 bridgehead atoms. The largest absolute Gasteiger partial charge is 0.497 e. The van der Waals surface area contributed by atoms with E-state index in [1.807, 2.05) is 24.3 Å². The molecular formula is C14H23N3O. The van der Waals surface area contributed by atoms with Gasteiger partial charge in [0.25, 0.3) is 0 Å². The molecule has 0 atom stereocenters. The number of hydrogen-bond donors (Lipinski definition) is 2. The van der Waals surface area contributed by atoms with Crippen molar-refractivity contribution in [3.63, 3.8) is 0 Å². The van der Waals surface area contributed by atoms with Crippen molar-refractivity contribution in [3.05, 3.63) is 29.8 Å². The van der Waals surface area contributed by atoms with Crippen LogP contribution in [-0.4, -0.2) is 26.7 Å². The van der Waals surface area contributed by atoms with Crippen molar-refractivity contribution in [2.45, 2.75) is 26.3 Å². The molecular weight excluding hydrogens is 226 g/mol. The van der Waals surface area contributed by atoms with Gasteiger partial charge in [0.1, 0.15) is 5.75 Å². The summed E-state index contributed by atoms with van der Waals surface area (Å²) in [4.78, 5) is 4.18. The van der Waals surface area contributed by atoms with Gasteiger partial charge in [-0.25, -0.2) is 0 Å². The fourth-order valence-corrected chi connectivity index (χ4v) is 1.53. The molecule has 4 nitrogen and oxygen atoms in total. The van der Waals surface area contributed by atoms with Crippen LogP contribution >= 0.6 is 0 Å². The summed E-state index contributed by atoms with van der Waals surface area (Å²) in [5.41, 5.74) is 1.20. The number of unbranched alkanes of at least 4 members (excludes halogenated alkanes) is 1. The zero-order chi connectivity index (χ0) is 13.2. The monoisotopic (exact) mass is 249 g/mol. The van der Waals surface area contributed by atoms with Crippen molar-refractivity contribution in [1.29, 1.82) is 0 Å². The molecule has 0 fully saturated rings. The molecule has 4 heteroatoms. The van der Waals surface area contributed by atoms with Gasteiger partial charge in [-0.1, -0.05) is 25.5 Å². The first-order valence-corrected chi connectivity index (χ1v) is 6.37. The lowest BCUT2D eigenvalue weighted by molar-refractivity contribution is 0.414. The SMILES string of the molecule is CCCCNC(=NC)NCc1ccc(OC)cc1. The predicted octanol–water partition coefficient (Wildman–Crippen LogP) is 2.16. The van der Waals surface area contributed by atoms with Crippen LogP contribution in [0, 0.1) is 0 Å². The molecule has 18 heavy (non-hydrogen) atoms. The zero-order valence-electron chi connectivity index (χ0n) is 11.5. The third-order valence-electron chi connectivity index (χ3n) is 2.67. The normalized spacial score (nSPS) is 11.2. The van der Waals surface area contributed by atoms with Gasteiger partial charge < -0.3 is 15.4 Å². The molecule has 0 aromatic heterocycles. The Morgan fingerprint density at radius 3 is 2.50 bits per heavy atom. The maximum Gasteiger partial charge on any atom is 0.191 e.